The minimum Gasteiger partial charge on any atom is -0.496 e. The van der Waals surface area contributed by atoms with Crippen molar-refractivity contribution >= 4 is 0 Å². The van der Waals surface area contributed by atoms with Crippen molar-refractivity contribution in [1.29, 1.82) is 0 Å². The summed E-state index contributed by atoms with van der Waals surface area (Å²) in [6.07, 6.45) is 5.16. The molecule has 1 aromatic heterocycles. The molecular weight excluding hydrogens is 226 g/mol. The van der Waals surface area contributed by atoms with Gasteiger partial charge in [0.2, 0.25) is 0 Å². The predicted octanol–water partition coefficient (Wildman–Crippen LogP) is 2.34. The summed E-state index contributed by atoms with van der Waals surface area (Å²) in [5.74, 6) is 0.904. The van der Waals surface area contributed by atoms with Gasteiger partial charge in [-0.2, -0.15) is 0 Å². The van der Waals surface area contributed by atoms with Crippen LogP contribution in [0.2, 0.25) is 0 Å². The molecule has 1 atom stereocenters. The molecular formula is C14H17N3O. The second-order valence-electron chi connectivity index (χ2n) is 4.09. The minimum absolute atomic E-state index is 0.210. The highest BCUT2D eigenvalue weighted by molar-refractivity contribution is 5.35. The van der Waals surface area contributed by atoms with Crippen LogP contribution in [0.4, 0.5) is 0 Å². The van der Waals surface area contributed by atoms with Gasteiger partial charge in [-0.1, -0.05) is 18.2 Å². The van der Waals surface area contributed by atoms with Gasteiger partial charge in [-0.15, -0.1) is 0 Å². The van der Waals surface area contributed by atoms with E-state index in [4.69, 9.17) is 4.74 Å². The molecule has 0 bridgehead atoms. The molecule has 0 aliphatic carbocycles. The lowest BCUT2D eigenvalue weighted by molar-refractivity contribution is 0.401. The molecule has 0 fully saturated rings. The topological polar surface area (TPSA) is 47.0 Å². The fraction of sp³-hybridized carbons (Fsp3) is 0.286. The number of benzene rings is 1. The van der Waals surface area contributed by atoms with Crippen LogP contribution in [0, 0.1) is 0 Å². The maximum absolute atomic E-state index is 5.35. The third-order valence-electron chi connectivity index (χ3n) is 2.83. The lowest BCUT2D eigenvalue weighted by Crippen LogP contribution is -2.18. The largest absolute Gasteiger partial charge is 0.496 e. The quantitative estimate of drug-likeness (QED) is 0.875. The van der Waals surface area contributed by atoms with E-state index in [-0.39, 0.29) is 6.04 Å². The van der Waals surface area contributed by atoms with Crippen molar-refractivity contribution in [2.24, 2.45) is 0 Å². The first-order valence-corrected chi connectivity index (χ1v) is 5.91. The fourth-order valence-corrected chi connectivity index (χ4v) is 1.83. The van der Waals surface area contributed by atoms with Gasteiger partial charge in [-0.3, -0.25) is 0 Å². The Labute approximate surface area is 107 Å². The molecule has 0 saturated carbocycles. The second kappa shape index (κ2) is 6.12. The van der Waals surface area contributed by atoms with Crippen molar-refractivity contribution in [2.45, 2.75) is 19.5 Å². The molecule has 4 heteroatoms. The van der Waals surface area contributed by atoms with Crippen molar-refractivity contribution in [2.75, 3.05) is 7.11 Å². The van der Waals surface area contributed by atoms with Gasteiger partial charge in [0.25, 0.3) is 0 Å². The standard InChI is InChI=1S/C14H17N3O/c1-11(13-5-3-4-6-14(13)18-2)17-9-12-7-15-10-16-8-12/h3-8,10-11,17H,9H2,1-2H3. The molecule has 0 aliphatic rings. The summed E-state index contributed by atoms with van der Waals surface area (Å²) in [5.41, 5.74) is 2.22. The lowest BCUT2D eigenvalue weighted by atomic mass is 10.1. The summed E-state index contributed by atoms with van der Waals surface area (Å²) in [5, 5.41) is 3.43. The number of rotatable bonds is 5. The van der Waals surface area contributed by atoms with Crippen LogP contribution in [-0.2, 0) is 6.54 Å². The Morgan fingerprint density at radius 3 is 2.67 bits per heavy atom. The van der Waals surface area contributed by atoms with E-state index in [9.17, 15) is 0 Å². The number of para-hydroxylation sites is 1. The molecule has 1 heterocycles. The molecule has 0 amide bonds. The minimum atomic E-state index is 0.210. The Hall–Kier alpha value is -1.94. The van der Waals surface area contributed by atoms with Gasteiger partial charge in [0.05, 0.1) is 7.11 Å². The molecule has 1 unspecified atom stereocenters. The maximum Gasteiger partial charge on any atom is 0.123 e. The Kier molecular flexibility index (Phi) is 4.25. The third kappa shape index (κ3) is 3.05. The van der Waals surface area contributed by atoms with Crippen molar-refractivity contribution in [3.8, 4) is 5.75 Å². The number of ether oxygens (including phenoxy) is 1. The number of nitrogens with one attached hydrogen (secondary N) is 1. The Balaban J connectivity index is 2.01. The predicted molar refractivity (Wildman–Crippen MR) is 70.3 cm³/mol. The van der Waals surface area contributed by atoms with Gasteiger partial charge in [0.15, 0.2) is 0 Å². The van der Waals surface area contributed by atoms with E-state index in [0.29, 0.717) is 0 Å². The number of hydrogen-bond donors (Lipinski definition) is 1. The van der Waals surface area contributed by atoms with Gasteiger partial charge in [-0.05, 0) is 13.0 Å². The van der Waals surface area contributed by atoms with Gasteiger partial charge in [0, 0.05) is 36.1 Å². The van der Waals surface area contributed by atoms with E-state index in [1.807, 2.05) is 30.6 Å². The molecule has 2 rings (SSSR count). The molecule has 18 heavy (non-hydrogen) atoms. The number of nitrogens with zero attached hydrogens (tertiary/aromatic N) is 2. The second-order valence-corrected chi connectivity index (χ2v) is 4.09. The number of hydrogen-bond acceptors (Lipinski definition) is 4. The van der Waals surface area contributed by atoms with Crippen LogP contribution in [-0.4, -0.2) is 17.1 Å². The zero-order valence-electron chi connectivity index (χ0n) is 10.6. The van der Waals surface area contributed by atoms with E-state index in [2.05, 4.69) is 28.3 Å². The van der Waals surface area contributed by atoms with E-state index < -0.39 is 0 Å². The average Bonchev–Trinajstić information content (AvgIpc) is 2.45. The van der Waals surface area contributed by atoms with Crippen molar-refractivity contribution < 1.29 is 4.74 Å². The Morgan fingerprint density at radius 1 is 1.22 bits per heavy atom. The number of aromatic nitrogens is 2. The SMILES string of the molecule is COc1ccccc1C(C)NCc1cncnc1. The molecule has 0 aliphatic heterocycles. The van der Waals surface area contributed by atoms with Crippen molar-refractivity contribution in [1.82, 2.24) is 15.3 Å². The van der Waals surface area contributed by atoms with Crippen LogP contribution in [0.15, 0.2) is 43.0 Å². The van der Waals surface area contributed by atoms with Crippen LogP contribution in [0.3, 0.4) is 0 Å². The first kappa shape index (κ1) is 12.5. The molecule has 2 aromatic rings. The third-order valence-corrected chi connectivity index (χ3v) is 2.83. The molecule has 1 aromatic carbocycles. The zero-order valence-corrected chi connectivity index (χ0v) is 10.6. The summed E-state index contributed by atoms with van der Waals surface area (Å²) >= 11 is 0. The molecule has 0 radical (unpaired) electrons. The van der Waals surface area contributed by atoms with Crippen molar-refractivity contribution in [3.63, 3.8) is 0 Å². The van der Waals surface area contributed by atoms with Gasteiger partial charge in [0.1, 0.15) is 12.1 Å². The van der Waals surface area contributed by atoms with Crippen LogP contribution in [0.1, 0.15) is 24.1 Å². The summed E-state index contributed by atoms with van der Waals surface area (Å²) in [7, 11) is 1.69. The van der Waals surface area contributed by atoms with Crippen LogP contribution < -0.4 is 10.1 Å². The first-order chi connectivity index (χ1) is 8.81. The summed E-state index contributed by atoms with van der Waals surface area (Å²) < 4.78 is 5.35. The Bertz CT molecular complexity index is 487. The molecule has 4 nitrogen and oxygen atoms in total. The normalized spacial score (nSPS) is 12.1. The van der Waals surface area contributed by atoms with Crippen molar-refractivity contribution in [3.05, 3.63) is 54.1 Å². The summed E-state index contributed by atoms with van der Waals surface area (Å²) in [6, 6.07) is 8.24. The average molecular weight is 243 g/mol. The molecule has 1 N–H and O–H groups in total. The van der Waals surface area contributed by atoms with Crippen LogP contribution in [0.25, 0.3) is 0 Å². The molecule has 0 saturated heterocycles. The highest BCUT2D eigenvalue weighted by Gasteiger charge is 2.09. The number of methoxy groups -OCH3 is 1. The Morgan fingerprint density at radius 2 is 1.94 bits per heavy atom. The monoisotopic (exact) mass is 243 g/mol. The van der Waals surface area contributed by atoms with Crippen LogP contribution >= 0.6 is 0 Å². The smallest absolute Gasteiger partial charge is 0.123 e. The summed E-state index contributed by atoms with van der Waals surface area (Å²) in [6.45, 7) is 2.85. The zero-order chi connectivity index (χ0) is 12.8. The van der Waals surface area contributed by atoms with E-state index in [0.717, 1.165) is 23.4 Å². The summed E-state index contributed by atoms with van der Waals surface area (Å²) in [4.78, 5) is 7.99. The highest BCUT2D eigenvalue weighted by Crippen LogP contribution is 2.24. The van der Waals surface area contributed by atoms with E-state index >= 15 is 0 Å². The van der Waals surface area contributed by atoms with Gasteiger partial charge >= 0.3 is 0 Å². The highest BCUT2D eigenvalue weighted by atomic mass is 16.5. The maximum atomic E-state index is 5.35. The van der Waals surface area contributed by atoms with Gasteiger partial charge < -0.3 is 10.1 Å². The fourth-order valence-electron chi connectivity index (χ4n) is 1.83. The van der Waals surface area contributed by atoms with Crippen LogP contribution in [0.5, 0.6) is 5.75 Å². The molecule has 0 spiro atoms. The first-order valence-electron chi connectivity index (χ1n) is 5.91. The molecule has 94 valence electrons. The van der Waals surface area contributed by atoms with Gasteiger partial charge in [-0.25, -0.2) is 9.97 Å². The van der Waals surface area contributed by atoms with E-state index in [1.54, 1.807) is 7.11 Å². The van der Waals surface area contributed by atoms with E-state index in [1.165, 1.54) is 6.33 Å². The lowest BCUT2D eigenvalue weighted by Gasteiger charge is -2.17.